The summed E-state index contributed by atoms with van der Waals surface area (Å²) in [5.41, 5.74) is 1.06. The van der Waals surface area contributed by atoms with Crippen LogP contribution in [0.3, 0.4) is 0 Å². The molecule has 0 aliphatic heterocycles. The molecule has 0 bridgehead atoms. The van der Waals surface area contributed by atoms with E-state index in [4.69, 9.17) is 23.2 Å². The number of hydrogen-bond donors (Lipinski definition) is 0. The third kappa shape index (κ3) is 6.92. The van der Waals surface area contributed by atoms with E-state index in [0.29, 0.717) is 10.3 Å². The fourth-order valence-electron chi connectivity index (χ4n) is 1.95. The van der Waals surface area contributed by atoms with Crippen LogP contribution in [0.2, 0.25) is 10.3 Å². The van der Waals surface area contributed by atoms with Crippen LogP contribution in [0.4, 0.5) is 0 Å². The highest BCUT2D eigenvalue weighted by Gasteiger charge is 2.11. The van der Waals surface area contributed by atoms with Gasteiger partial charge in [0.25, 0.3) is 0 Å². The van der Waals surface area contributed by atoms with Gasteiger partial charge < -0.3 is 0 Å². The van der Waals surface area contributed by atoms with Gasteiger partial charge in [-0.2, -0.15) is 0 Å². The second-order valence-corrected chi connectivity index (χ2v) is 6.97. The van der Waals surface area contributed by atoms with Crippen molar-refractivity contribution in [2.24, 2.45) is 11.8 Å². The molecule has 1 aromatic rings. The zero-order valence-electron chi connectivity index (χ0n) is 13.0. The normalized spacial score (nSPS) is 11.8. The third-order valence-corrected chi connectivity index (χ3v) is 3.87. The second-order valence-electron chi connectivity index (χ2n) is 6.23. The van der Waals surface area contributed by atoms with Crippen molar-refractivity contribution in [3.63, 3.8) is 0 Å². The van der Waals surface area contributed by atoms with E-state index >= 15 is 0 Å². The van der Waals surface area contributed by atoms with Crippen molar-refractivity contribution in [2.75, 3.05) is 13.1 Å². The summed E-state index contributed by atoms with van der Waals surface area (Å²) in [7, 11) is 0. The van der Waals surface area contributed by atoms with E-state index < -0.39 is 0 Å². The van der Waals surface area contributed by atoms with Gasteiger partial charge in [0.2, 0.25) is 0 Å². The van der Waals surface area contributed by atoms with Gasteiger partial charge in [-0.1, -0.05) is 57.0 Å². The van der Waals surface area contributed by atoms with Crippen LogP contribution >= 0.6 is 23.2 Å². The molecule has 0 fully saturated rings. The first-order valence-corrected chi connectivity index (χ1v) is 8.17. The third-order valence-electron chi connectivity index (χ3n) is 3.33. The molecule has 0 saturated carbocycles. The summed E-state index contributed by atoms with van der Waals surface area (Å²) < 4.78 is 0. The lowest BCUT2D eigenvalue weighted by Crippen LogP contribution is -2.27. The predicted molar refractivity (Wildman–Crippen MR) is 88.4 cm³/mol. The van der Waals surface area contributed by atoms with Crippen LogP contribution in [0.1, 0.15) is 46.1 Å². The zero-order valence-corrected chi connectivity index (χ0v) is 14.5. The summed E-state index contributed by atoms with van der Waals surface area (Å²) in [5, 5.41) is 0.978. The van der Waals surface area contributed by atoms with E-state index in [9.17, 15) is 0 Å². The molecular weight excluding hydrogens is 291 g/mol. The highest BCUT2D eigenvalue weighted by atomic mass is 35.5. The Bertz CT molecular complexity index is 393. The standard InChI is InChI=1S/C16H26Cl2N2/c1-12(2)7-9-20(10-8-13(3)4)11-14-5-6-15(17)19-16(14)18/h5-6,12-13H,7-11H2,1-4H3. The predicted octanol–water partition coefficient (Wildman–Crippen LogP) is 5.28. The fraction of sp³-hybridized carbons (Fsp3) is 0.688. The Morgan fingerprint density at radius 2 is 1.55 bits per heavy atom. The monoisotopic (exact) mass is 316 g/mol. The number of rotatable bonds is 8. The Morgan fingerprint density at radius 3 is 2.00 bits per heavy atom. The maximum atomic E-state index is 6.18. The maximum absolute atomic E-state index is 6.18. The first kappa shape index (κ1) is 17.7. The minimum absolute atomic E-state index is 0.453. The van der Waals surface area contributed by atoms with E-state index in [1.165, 1.54) is 12.8 Å². The first-order chi connectivity index (χ1) is 9.38. The SMILES string of the molecule is CC(C)CCN(CCC(C)C)Cc1ccc(Cl)nc1Cl. The van der Waals surface area contributed by atoms with Gasteiger partial charge in [-0.3, -0.25) is 4.90 Å². The van der Waals surface area contributed by atoms with Gasteiger partial charge in [0, 0.05) is 12.1 Å². The Morgan fingerprint density at radius 1 is 1.00 bits per heavy atom. The molecule has 0 saturated heterocycles. The molecule has 0 aliphatic rings. The molecule has 0 amide bonds. The van der Waals surface area contributed by atoms with E-state index in [0.717, 1.165) is 37.0 Å². The van der Waals surface area contributed by atoms with Crippen molar-refractivity contribution >= 4 is 23.2 Å². The quantitative estimate of drug-likeness (QED) is 0.606. The Balaban J connectivity index is 2.66. The van der Waals surface area contributed by atoms with Crippen LogP contribution in [0.25, 0.3) is 0 Å². The van der Waals surface area contributed by atoms with Gasteiger partial charge in [0.15, 0.2) is 0 Å². The lowest BCUT2D eigenvalue weighted by molar-refractivity contribution is 0.235. The second kappa shape index (κ2) is 8.86. The lowest BCUT2D eigenvalue weighted by atomic mass is 10.1. The Kier molecular flexibility index (Phi) is 7.86. The highest BCUT2D eigenvalue weighted by molar-refractivity contribution is 6.32. The molecule has 0 radical (unpaired) electrons. The average Bonchev–Trinajstić information content (AvgIpc) is 2.35. The minimum atomic E-state index is 0.453. The molecule has 0 atom stereocenters. The van der Waals surface area contributed by atoms with Crippen molar-refractivity contribution in [2.45, 2.75) is 47.1 Å². The van der Waals surface area contributed by atoms with Gasteiger partial charge in [-0.15, -0.1) is 0 Å². The van der Waals surface area contributed by atoms with Crippen LogP contribution < -0.4 is 0 Å². The summed E-state index contributed by atoms with van der Waals surface area (Å²) in [6, 6.07) is 3.79. The summed E-state index contributed by atoms with van der Waals surface area (Å²) in [6.45, 7) is 12.1. The summed E-state index contributed by atoms with van der Waals surface area (Å²) in [4.78, 5) is 6.59. The van der Waals surface area contributed by atoms with Gasteiger partial charge in [-0.05, 0) is 43.8 Å². The molecule has 1 aromatic heterocycles. The van der Waals surface area contributed by atoms with Crippen LogP contribution in [-0.2, 0) is 6.54 Å². The fourth-order valence-corrected chi connectivity index (χ4v) is 2.36. The van der Waals surface area contributed by atoms with Crippen LogP contribution in [-0.4, -0.2) is 23.0 Å². The van der Waals surface area contributed by atoms with Crippen molar-refractivity contribution in [3.05, 3.63) is 28.0 Å². The number of pyridine rings is 1. The highest BCUT2D eigenvalue weighted by Crippen LogP contribution is 2.19. The van der Waals surface area contributed by atoms with E-state index in [-0.39, 0.29) is 0 Å². The molecule has 0 aliphatic carbocycles. The first-order valence-electron chi connectivity index (χ1n) is 7.41. The Hall–Kier alpha value is -0.310. The summed E-state index contributed by atoms with van der Waals surface area (Å²) >= 11 is 12.0. The molecule has 0 N–H and O–H groups in total. The van der Waals surface area contributed by atoms with Gasteiger partial charge in [0.1, 0.15) is 10.3 Å². The minimum Gasteiger partial charge on any atom is -0.299 e. The largest absolute Gasteiger partial charge is 0.299 e. The number of hydrogen-bond acceptors (Lipinski definition) is 2. The molecule has 20 heavy (non-hydrogen) atoms. The van der Waals surface area contributed by atoms with Gasteiger partial charge in [-0.25, -0.2) is 4.98 Å². The van der Waals surface area contributed by atoms with Crippen LogP contribution in [0, 0.1) is 11.8 Å². The van der Waals surface area contributed by atoms with Gasteiger partial charge >= 0.3 is 0 Å². The molecule has 0 aromatic carbocycles. The molecular formula is C16H26Cl2N2. The van der Waals surface area contributed by atoms with Crippen LogP contribution in [0.15, 0.2) is 12.1 Å². The molecule has 0 unspecified atom stereocenters. The van der Waals surface area contributed by atoms with E-state index in [1.54, 1.807) is 0 Å². The van der Waals surface area contributed by atoms with Gasteiger partial charge in [0.05, 0.1) is 0 Å². The molecule has 114 valence electrons. The molecule has 1 rings (SSSR count). The summed E-state index contributed by atoms with van der Waals surface area (Å²) in [5.74, 6) is 1.44. The topological polar surface area (TPSA) is 16.1 Å². The summed E-state index contributed by atoms with van der Waals surface area (Å²) in [6.07, 6.45) is 2.41. The van der Waals surface area contributed by atoms with Crippen molar-refractivity contribution in [1.82, 2.24) is 9.88 Å². The van der Waals surface area contributed by atoms with Crippen LogP contribution in [0.5, 0.6) is 0 Å². The van der Waals surface area contributed by atoms with Crippen molar-refractivity contribution < 1.29 is 0 Å². The smallest absolute Gasteiger partial charge is 0.135 e. The molecule has 0 spiro atoms. The number of nitrogens with zero attached hydrogens (tertiary/aromatic N) is 2. The van der Waals surface area contributed by atoms with Crippen molar-refractivity contribution in [1.29, 1.82) is 0 Å². The zero-order chi connectivity index (χ0) is 15.1. The van der Waals surface area contributed by atoms with E-state index in [1.807, 2.05) is 12.1 Å². The Labute approximate surface area is 133 Å². The molecule has 2 nitrogen and oxygen atoms in total. The van der Waals surface area contributed by atoms with Crippen molar-refractivity contribution in [3.8, 4) is 0 Å². The molecule has 4 heteroatoms. The molecule has 1 heterocycles. The van der Waals surface area contributed by atoms with E-state index in [2.05, 4.69) is 37.6 Å². The lowest BCUT2D eigenvalue weighted by Gasteiger charge is -2.24. The number of aromatic nitrogens is 1. The number of halogens is 2. The average molecular weight is 317 g/mol. The maximum Gasteiger partial charge on any atom is 0.135 e.